The molecule has 1 saturated heterocycles. The number of fused-ring (bicyclic) bond motifs is 2. The summed E-state index contributed by atoms with van der Waals surface area (Å²) in [4.78, 5) is 15.7. The lowest BCUT2D eigenvalue weighted by Gasteiger charge is -2.39. The highest BCUT2D eigenvalue weighted by Crippen LogP contribution is 2.46. The summed E-state index contributed by atoms with van der Waals surface area (Å²) in [7, 11) is -0.461. The molecular weight excluding hydrogens is 490 g/mol. The molecule has 37 heavy (non-hydrogen) atoms. The Kier molecular flexibility index (Phi) is 6.50. The summed E-state index contributed by atoms with van der Waals surface area (Å²) < 4.78 is 28.8. The van der Waals surface area contributed by atoms with Gasteiger partial charge in [0.05, 0.1) is 31.4 Å². The van der Waals surface area contributed by atoms with E-state index in [0.717, 1.165) is 17.0 Å². The zero-order valence-electron chi connectivity index (χ0n) is 22.2. The van der Waals surface area contributed by atoms with E-state index < -0.39 is 8.32 Å². The highest BCUT2D eigenvalue weighted by Gasteiger charge is 2.52. The molecule has 1 amide bonds. The quantitative estimate of drug-likeness (QED) is 0.392. The van der Waals surface area contributed by atoms with E-state index in [0.29, 0.717) is 18.7 Å². The van der Waals surface area contributed by atoms with Crippen molar-refractivity contribution in [2.45, 2.75) is 70.2 Å². The number of ether oxygens (including phenoxy) is 4. The molecule has 198 valence electrons. The smallest absolute Gasteiger partial charge is 0.262 e. The monoisotopic (exact) mass is 525 g/mol. The fraction of sp³-hybridized carbons (Fsp3) is 0.464. The fourth-order valence-electron chi connectivity index (χ4n) is 4.48. The molecule has 0 unspecified atom stereocenters. The molecule has 1 aliphatic carbocycles. The first-order chi connectivity index (χ1) is 17.5. The largest absolute Gasteiger partial charge is 0.504 e. The number of nitrogens with zero attached hydrogens (tertiary/aromatic N) is 1. The van der Waals surface area contributed by atoms with Crippen LogP contribution in [0.5, 0.6) is 23.0 Å². The molecule has 3 atom stereocenters. The number of benzene rings is 2. The van der Waals surface area contributed by atoms with Gasteiger partial charge in [-0.05, 0) is 54.0 Å². The van der Waals surface area contributed by atoms with E-state index in [-0.39, 0.29) is 53.1 Å². The van der Waals surface area contributed by atoms with E-state index in [1.165, 1.54) is 0 Å². The van der Waals surface area contributed by atoms with E-state index >= 15 is 0 Å². The number of epoxide rings is 1. The number of aromatic hydroxyl groups is 1. The number of phenolic OH excluding ortho intramolecular Hbond substituents is 1. The van der Waals surface area contributed by atoms with Crippen LogP contribution in [0.1, 0.15) is 43.1 Å². The number of hydrogen-bond acceptors (Lipinski definition) is 7. The number of carbonyl (C=O) groups is 1. The molecule has 1 fully saturated rings. The zero-order chi connectivity index (χ0) is 26.5. The number of phenols is 1. The van der Waals surface area contributed by atoms with Crippen LogP contribution in [-0.4, -0.2) is 56.4 Å². The molecule has 5 rings (SSSR count). The number of carbonyl (C=O) groups excluding carboxylic acids is 1. The Bertz CT molecular complexity index is 1220. The van der Waals surface area contributed by atoms with E-state index in [9.17, 15) is 9.90 Å². The maximum atomic E-state index is 14.0. The molecule has 2 aromatic rings. The van der Waals surface area contributed by atoms with Crippen LogP contribution < -0.4 is 14.2 Å². The molecule has 2 aliphatic heterocycles. The summed E-state index contributed by atoms with van der Waals surface area (Å²) in [6, 6.07) is 10.8. The standard InChI is InChI=1S/C28H35NO7Si/c1-28(2,3)37(5,6)36-23-14-18(13-22-25(23)35-22)29(15-17-7-9-19(32-4)10-8-17)27(31)20-11-12-21-26(24(20)30)34-16-33-21/h7-12,14,22-23,25,30H,13,15-16H2,1-6H3/t22-,23+,25-/m1/s1. The Morgan fingerprint density at radius 2 is 1.86 bits per heavy atom. The second-order valence-electron chi connectivity index (χ2n) is 11.3. The molecular formula is C28H35NO7Si. The van der Waals surface area contributed by atoms with E-state index in [1.54, 1.807) is 24.1 Å². The minimum atomic E-state index is -2.08. The van der Waals surface area contributed by atoms with Gasteiger partial charge in [-0.3, -0.25) is 4.79 Å². The van der Waals surface area contributed by atoms with Crippen molar-refractivity contribution in [2.24, 2.45) is 0 Å². The highest BCUT2D eigenvalue weighted by molar-refractivity contribution is 6.74. The van der Waals surface area contributed by atoms with Gasteiger partial charge in [-0.15, -0.1) is 0 Å². The third-order valence-electron chi connectivity index (χ3n) is 7.78. The lowest BCUT2D eigenvalue weighted by molar-refractivity contribution is 0.0781. The molecule has 9 heteroatoms. The molecule has 8 nitrogen and oxygen atoms in total. The fourth-order valence-corrected chi connectivity index (χ4v) is 5.72. The van der Waals surface area contributed by atoms with Crippen LogP contribution in [0.25, 0.3) is 0 Å². The van der Waals surface area contributed by atoms with E-state index in [2.05, 4.69) is 33.9 Å². The lowest BCUT2D eigenvalue weighted by Crippen LogP contribution is -2.46. The first-order valence-corrected chi connectivity index (χ1v) is 15.5. The van der Waals surface area contributed by atoms with Crippen LogP contribution in [0.15, 0.2) is 48.2 Å². The highest BCUT2D eigenvalue weighted by atomic mass is 28.4. The number of methoxy groups -OCH3 is 1. The van der Waals surface area contributed by atoms with Gasteiger partial charge in [0.1, 0.15) is 11.9 Å². The van der Waals surface area contributed by atoms with Gasteiger partial charge >= 0.3 is 0 Å². The maximum Gasteiger partial charge on any atom is 0.262 e. The molecule has 1 N–H and O–H groups in total. The van der Waals surface area contributed by atoms with Crippen molar-refractivity contribution >= 4 is 14.2 Å². The van der Waals surface area contributed by atoms with E-state index in [1.807, 2.05) is 30.3 Å². The van der Waals surface area contributed by atoms with Crippen LogP contribution in [0.3, 0.4) is 0 Å². The summed E-state index contributed by atoms with van der Waals surface area (Å²) in [5.41, 5.74) is 1.90. The summed E-state index contributed by atoms with van der Waals surface area (Å²) in [6.45, 7) is 11.4. The predicted octanol–water partition coefficient (Wildman–Crippen LogP) is 5.22. The molecule has 2 aromatic carbocycles. The van der Waals surface area contributed by atoms with Crippen LogP contribution in [0.4, 0.5) is 0 Å². The average molecular weight is 526 g/mol. The van der Waals surface area contributed by atoms with Crippen molar-refractivity contribution in [1.29, 1.82) is 0 Å². The van der Waals surface area contributed by atoms with Crippen molar-refractivity contribution < 1.29 is 33.3 Å². The van der Waals surface area contributed by atoms with Crippen molar-refractivity contribution in [3.05, 3.63) is 59.3 Å². The molecule has 2 heterocycles. The zero-order valence-corrected chi connectivity index (χ0v) is 23.2. The normalized spacial score (nSPS) is 22.2. The third-order valence-corrected chi connectivity index (χ3v) is 12.3. The Morgan fingerprint density at radius 3 is 2.54 bits per heavy atom. The lowest BCUT2D eigenvalue weighted by atomic mass is 9.99. The van der Waals surface area contributed by atoms with Crippen molar-refractivity contribution in [2.75, 3.05) is 13.9 Å². The summed E-state index contributed by atoms with van der Waals surface area (Å²) in [5, 5.41) is 10.9. The Hall–Kier alpha value is -3.01. The van der Waals surface area contributed by atoms with E-state index in [4.69, 9.17) is 23.4 Å². The summed E-state index contributed by atoms with van der Waals surface area (Å²) in [5.74, 6) is 0.806. The summed E-state index contributed by atoms with van der Waals surface area (Å²) >= 11 is 0. The Morgan fingerprint density at radius 1 is 1.14 bits per heavy atom. The maximum absolute atomic E-state index is 14.0. The van der Waals surface area contributed by atoms with Gasteiger partial charge in [0.15, 0.2) is 19.8 Å². The first kappa shape index (κ1) is 25.6. The number of amides is 1. The molecule has 0 spiro atoms. The van der Waals surface area contributed by atoms with Gasteiger partial charge in [-0.1, -0.05) is 32.9 Å². The topological polar surface area (TPSA) is 90.0 Å². The number of hydrogen-bond donors (Lipinski definition) is 1. The average Bonchev–Trinajstić information content (AvgIpc) is 3.48. The molecule has 3 aliphatic rings. The minimum Gasteiger partial charge on any atom is -0.504 e. The first-order valence-electron chi connectivity index (χ1n) is 12.6. The van der Waals surface area contributed by atoms with Crippen LogP contribution in [0, 0.1) is 0 Å². The van der Waals surface area contributed by atoms with Gasteiger partial charge in [0, 0.05) is 12.1 Å². The molecule has 0 radical (unpaired) electrons. The van der Waals surface area contributed by atoms with Crippen molar-refractivity contribution in [3.8, 4) is 23.0 Å². The minimum absolute atomic E-state index is 0.00582. The van der Waals surface area contributed by atoms with Gasteiger partial charge in [-0.25, -0.2) is 0 Å². The third kappa shape index (κ3) is 4.95. The Labute approximate surface area is 218 Å². The molecule has 0 aromatic heterocycles. The summed E-state index contributed by atoms with van der Waals surface area (Å²) in [6.07, 6.45) is 2.42. The SMILES string of the molecule is COc1ccc(CN(C(=O)c2ccc3c(c2O)OCO3)C2=C[C@H](O[Si](C)(C)C(C)(C)C)[C@@H]3O[C@@H]3C2)cc1. The number of rotatable bonds is 7. The van der Waals surface area contributed by atoms with Gasteiger partial charge in [-0.2, -0.15) is 0 Å². The second-order valence-corrected chi connectivity index (χ2v) is 16.0. The van der Waals surface area contributed by atoms with Crippen LogP contribution >= 0.6 is 0 Å². The van der Waals surface area contributed by atoms with Gasteiger partial charge in [0.2, 0.25) is 12.5 Å². The van der Waals surface area contributed by atoms with Crippen molar-refractivity contribution in [3.63, 3.8) is 0 Å². The molecule has 0 bridgehead atoms. The van der Waals surface area contributed by atoms with Gasteiger partial charge < -0.3 is 33.4 Å². The van der Waals surface area contributed by atoms with Crippen LogP contribution in [0.2, 0.25) is 18.1 Å². The van der Waals surface area contributed by atoms with Crippen LogP contribution in [-0.2, 0) is 15.7 Å². The molecule has 0 saturated carbocycles. The predicted molar refractivity (Wildman–Crippen MR) is 141 cm³/mol. The second kappa shape index (κ2) is 9.38. The van der Waals surface area contributed by atoms with Gasteiger partial charge in [0.25, 0.3) is 5.91 Å². The van der Waals surface area contributed by atoms with Crippen molar-refractivity contribution in [1.82, 2.24) is 4.90 Å². The Balaban J connectivity index is 1.50.